The first kappa shape index (κ1) is 19.0. The molecule has 8 heteroatoms. The Morgan fingerprint density at radius 2 is 1.96 bits per heavy atom. The summed E-state index contributed by atoms with van der Waals surface area (Å²) in [5.41, 5.74) is 1.39. The maximum Gasteiger partial charge on any atom is 0.283 e. The molecule has 27 heavy (non-hydrogen) atoms. The van der Waals surface area contributed by atoms with Crippen molar-refractivity contribution < 1.29 is 14.5 Å². The molecule has 3 rings (SSSR count). The highest BCUT2D eigenvalue weighted by Crippen LogP contribution is 2.28. The molecule has 2 amide bonds. The first-order chi connectivity index (χ1) is 13.0. The number of piperidine rings is 1. The maximum atomic E-state index is 12.6. The molecule has 7 nitrogen and oxygen atoms in total. The van der Waals surface area contributed by atoms with E-state index in [0.29, 0.717) is 15.3 Å². The number of aryl methyl sites for hydroxylation is 1. The van der Waals surface area contributed by atoms with E-state index in [9.17, 15) is 19.7 Å². The van der Waals surface area contributed by atoms with Gasteiger partial charge in [0.1, 0.15) is 0 Å². The number of nitrogens with zero attached hydrogens (tertiary/aromatic N) is 2. The Balaban J connectivity index is 1.64. The summed E-state index contributed by atoms with van der Waals surface area (Å²) in [6, 6.07) is 8.52. The highest BCUT2D eigenvalue weighted by atomic mass is 32.1. The summed E-state index contributed by atoms with van der Waals surface area (Å²) in [7, 11) is 0. The molecule has 1 fully saturated rings. The van der Waals surface area contributed by atoms with Gasteiger partial charge in [0.2, 0.25) is 0 Å². The average Bonchev–Trinajstić information content (AvgIpc) is 3.08. The van der Waals surface area contributed by atoms with Crippen LogP contribution in [0.15, 0.2) is 30.3 Å². The Morgan fingerprint density at radius 3 is 2.63 bits per heavy atom. The van der Waals surface area contributed by atoms with Crippen LogP contribution in [0, 0.1) is 17.0 Å². The van der Waals surface area contributed by atoms with Crippen LogP contribution in [-0.4, -0.2) is 34.7 Å². The molecule has 0 atom stereocenters. The number of carbonyl (C=O) groups is 2. The van der Waals surface area contributed by atoms with Crippen LogP contribution in [0.3, 0.4) is 0 Å². The summed E-state index contributed by atoms with van der Waals surface area (Å²) in [6.07, 6.45) is 3.23. The van der Waals surface area contributed by atoms with Crippen molar-refractivity contribution in [2.24, 2.45) is 0 Å². The summed E-state index contributed by atoms with van der Waals surface area (Å²) in [5, 5.41) is 13.7. The van der Waals surface area contributed by atoms with E-state index in [1.54, 1.807) is 25.1 Å². The van der Waals surface area contributed by atoms with E-state index in [4.69, 9.17) is 0 Å². The van der Waals surface area contributed by atoms with Crippen LogP contribution in [0.2, 0.25) is 0 Å². The highest BCUT2D eigenvalue weighted by molar-refractivity contribution is 7.14. The summed E-state index contributed by atoms with van der Waals surface area (Å²) >= 11 is 1.10. The predicted molar refractivity (Wildman–Crippen MR) is 103 cm³/mol. The van der Waals surface area contributed by atoms with Gasteiger partial charge in [0.15, 0.2) is 0 Å². The van der Waals surface area contributed by atoms with E-state index in [-0.39, 0.29) is 24.0 Å². The van der Waals surface area contributed by atoms with Crippen molar-refractivity contribution in [3.8, 4) is 0 Å². The first-order valence-electron chi connectivity index (χ1n) is 8.87. The van der Waals surface area contributed by atoms with Gasteiger partial charge >= 0.3 is 0 Å². The molecule has 1 aromatic heterocycles. The third-order valence-electron chi connectivity index (χ3n) is 4.58. The largest absolute Gasteiger partial charge is 0.347 e. The number of likely N-dealkylation sites (tertiary alicyclic amines) is 1. The van der Waals surface area contributed by atoms with Crippen molar-refractivity contribution in [1.82, 2.24) is 10.2 Å². The van der Waals surface area contributed by atoms with Crippen molar-refractivity contribution in [1.29, 1.82) is 0 Å². The number of rotatable bonds is 5. The van der Waals surface area contributed by atoms with Crippen molar-refractivity contribution in [3.05, 3.63) is 61.3 Å². The fourth-order valence-corrected chi connectivity index (χ4v) is 4.03. The number of hydrogen-bond acceptors (Lipinski definition) is 5. The number of nitrogens with one attached hydrogen (secondary N) is 1. The van der Waals surface area contributed by atoms with Crippen LogP contribution < -0.4 is 5.32 Å². The Labute approximate surface area is 161 Å². The fourth-order valence-electron chi connectivity index (χ4n) is 3.13. The number of hydrogen-bond donors (Lipinski definition) is 1. The van der Waals surface area contributed by atoms with E-state index < -0.39 is 4.92 Å². The second-order valence-corrected chi connectivity index (χ2v) is 7.80. The van der Waals surface area contributed by atoms with E-state index in [0.717, 1.165) is 49.3 Å². The van der Waals surface area contributed by atoms with Crippen LogP contribution in [-0.2, 0) is 6.54 Å². The quantitative estimate of drug-likeness (QED) is 0.627. The van der Waals surface area contributed by atoms with Gasteiger partial charge in [-0.05, 0) is 43.9 Å². The molecule has 0 bridgehead atoms. The molecular weight excluding hydrogens is 366 g/mol. The molecule has 1 aliphatic heterocycles. The monoisotopic (exact) mass is 387 g/mol. The van der Waals surface area contributed by atoms with Gasteiger partial charge < -0.3 is 10.2 Å². The summed E-state index contributed by atoms with van der Waals surface area (Å²) in [4.78, 5) is 38.0. The van der Waals surface area contributed by atoms with Gasteiger partial charge in [-0.1, -0.05) is 12.1 Å². The normalized spacial score (nSPS) is 14.0. The summed E-state index contributed by atoms with van der Waals surface area (Å²) in [5.74, 6) is -0.337. The third kappa shape index (κ3) is 4.51. The lowest BCUT2D eigenvalue weighted by atomic mass is 10.1. The van der Waals surface area contributed by atoms with E-state index in [2.05, 4.69) is 5.32 Å². The molecule has 0 aliphatic carbocycles. The van der Waals surface area contributed by atoms with Gasteiger partial charge in [-0.25, -0.2) is 0 Å². The van der Waals surface area contributed by atoms with Gasteiger partial charge in [-0.3, -0.25) is 19.7 Å². The molecule has 1 saturated heterocycles. The van der Waals surface area contributed by atoms with Crippen LogP contribution in [0.4, 0.5) is 5.69 Å². The molecule has 0 radical (unpaired) electrons. The van der Waals surface area contributed by atoms with E-state index in [1.807, 2.05) is 11.0 Å². The topological polar surface area (TPSA) is 92.6 Å². The lowest BCUT2D eigenvalue weighted by Gasteiger charge is -2.26. The van der Waals surface area contributed by atoms with Crippen LogP contribution in [0.1, 0.15) is 49.7 Å². The lowest BCUT2D eigenvalue weighted by molar-refractivity contribution is -0.385. The Morgan fingerprint density at radius 1 is 1.22 bits per heavy atom. The fraction of sp³-hybridized carbons (Fsp3) is 0.368. The third-order valence-corrected chi connectivity index (χ3v) is 5.62. The summed E-state index contributed by atoms with van der Waals surface area (Å²) < 4.78 is 0. The Bertz CT molecular complexity index is 872. The Hall–Kier alpha value is -2.74. The first-order valence-corrected chi connectivity index (χ1v) is 9.68. The van der Waals surface area contributed by atoms with E-state index in [1.165, 1.54) is 6.07 Å². The van der Waals surface area contributed by atoms with Gasteiger partial charge in [0, 0.05) is 31.3 Å². The van der Waals surface area contributed by atoms with Crippen molar-refractivity contribution in [3.63, 3.8) is 0 Å². The molecule has 1 aromatic carbocycles. The molecular formula is C19H21N3O4S. The number of carbonyl (C=O) groups excluding carboxylic acids is 2. The zero-order valence-corrected chi connectivity index (χ0v) is 15.9. The molecule has 2 heterocycles. The minimum atomic E-state index is -0.488. The predicted octanol–water partition coefficient (Wildman–Crippen LogP) is 3.52. The molecule has 1 aliphatic rings. The zero-order chi connectivity index (χ0) is 19.4. The van der Waals surface area contributed by atoms with Gasteiger partial charge in [-0.2, -0.15) is 0 Å². The molecule has 0 spiro atoms. The molecule has 0 saturated carbocycles. The van der Waals surface area contributed by atoms with Crippen molar-refractivity contribution in [2.75, 3.05) is 13.1 Å². The van der Waals surface area contributed by atoms with Crippen LogP contribution in [0.5, 0.6) is 0 Å². The average molecular weight is 387 g/mol. The summed E-state index contributed by atoms with van der Waals surface area (Å²) in [6.45, 7) is 3.45. The number of nitro groups is 1. The molecule has 1 N–H and O–H groups in total. The van der Waals surface area contributed by atoms with Crippen LogP contribution >= 0.6 is 11.3 Å². The Kier molecular flexibility index (Phi) is 5.85. The van der Waals surface area contributed by atoms with Crippen molar-refractivity contribution in [2.45, 2.75) is 32.7 Å². The minimum Gasteiger partial charge on any atom is -0.347 e. The van der Waals surface area contributed by atoms with Gasteiger partial charge in [0.25, 0.3) is 17.5 Å². The minimum absolute atomic E-state index is 0.0207. The number of thiophene rings is 1. The number of amides is 2. The standard InChI is InChI=1S/C19H21N3O4S/c1-13-16(22(25)26)11-17(27-13)18(23)20-12-14-6-5-7-15(10-14)19(24)21-8-3-2-4-9-21/h5-7,10-11H,2-4,8-9,12H2,1H3,(H,20,23). The van der Waals surface area contributed by atoms with E-state index >= 15 is 0 Å². The van der Waals surface area contributed by atoms with Crippen LogP contribution in [0.25, 0.3) is 0 Å². The maximum absolute atomic E-state index is 12.6. The second kappa shape index (κ2) is 8.30. The SMILES string of the molecule is Cc1sc(C(=O)NCc2cccc(C(=O)N3CCCCC3)c2)cc1[N+](=O)[O-]. The second-order valence-electron chi connectivity index (χ2n) is 6.55. The highest BCUT2D eigenvalue weighted by Gasteiger charge is 2.20. The van der Waals surface area contributed by atoms with Crippen molar-refractivity contribution >= 4 is 28.8 Å². The lowest BCUT2D eigenvalue weighted by Crippen LogP contribution is -2.35. The smallest absolute Gasteiger partial charge is 0.283 e. The molecule has 142 valence electrons. The zero-order valence-electron chi connectivity index (χ0n) is 15.1. The van der Waals surface area contributed by atoms with Gasteiger partial charge in [0.05, 0.1) is 14.7 Å². The van der Waals surface area contributed by atoms with Gasteiger partial charge in [-0.15, -0.1) is 11.3 Å². The number of benzene rings is 1. The molecule has 0 unspecified atom stereocenters. The molecule has 2 aromatic rings.